The van der Waals surface area contributed by atoms with Crippen molar-refractivity contribution in [2.24, 2.45) is 0 Å². The van der Waals surface area contributed by atoms with Crippen LogP contribution < -0.4 is 0 Å². The van der Waals surface area contributed by atoms with E-state index in [1.54, 1.807) is 0 Å². The number of hydrogen-bond acceptors (Lipinski definition) is 5. The molecule has 0 bridgehead atoms. The minimum Gasteiger partial charge on any atom is -0.394 e. The van der Waals surface area contributed by atoms with Crippen molar-refractivity contribution in [3.8, 4) is 0 Å². The summed E-state index contributed by atoms with van der Waals surface area (Å²) in [7, 11) is 0. The summed E-state index contributed by atoms with van der Waals surface area (Å²) in [5.74, 6) is 0. The van der Waals surface area contributed by atoms with E-state index in [0.717, 1.165) is 26.1 Å². The molecule has 0 spiro atoms. The SMILES string of the molecule is CCOC(CCN(CC)CCOCCO)OCC. The highest BCUT2D eigenvalue weighted by atomic mass is 16.7. The molecule has 18 heavy (non-hydrogen) atoms. The Balaban J connectivity index is 3.74. The van der Waals surface area contributed by atoms with Crippen molar-refractivity contribution in [3.05, 3.63) is 0 Å². The van der Waals surface area contributed by atoms with Crippen molar-refractivity contribution >= 4 is 0 Å². The molecule has 0 rings (SSSR count). The molecule has 110 valence electrons. The van der Waals surface area contributed by atoms with Gasteiger partial charge in [0, 0.05) is 32.7 Å². The Bertz CT molecular complexity index is 163. The third-order valence-electron chi connectivity index (χ3n) is 2.62. The average molecular weight is 263 g/mol. The molecule has 0 aliphatic carbocycles. The van der Waals surface area contributed by atoms with E-state index in [1.165, 1.54) is 0 Å². The molecule has 0 aromatic heterocycles. The van der Waals surface area contributed by atoms with Crippen molar-refractivity contribution in [3.63, 3.8) is 0 Å². The van der Waals surface area contributed by atoms with Crippen LogP contribution in [0.15, 0.2) is 0 Å². The van der Waals surface area contributed by atoms with Crippen LogP contribution >= 0.6 is 0 Å². The van der Waals surface area contributed by atoms with Crippen LogP contribution in [0.1, 0.15) is 27.2 Å². The van der Waals surface area contributed by atoms with E-state index in [9.17, 15) is 0 Å². The van der Waals surface area contributed by atoms with E-state index in [-0.39, 0.29) is 12.9 Å². The maximum atomic E-state index is 8.61. The fourth-order valence-electron chi connectivity index (χ4n) is 1.66. The average Bonchev–Trinajstić information content (AvgIpc) is 2.38. The van der Waals surface area contributed by atoms with Crippen molar-refractivity contribution < 1.29 is 19.3 Å². The molecule has 0 saturated heterocycles. The van der Waals surface area contributed by atoms with E-state index in [0.29, 0.717) is 26.4 Å². The highest BCUT2D eigenvalue weighted by Gasteiger charge is 2.10. The van der Waals surface area contributed by atoms with Gasteiger partial charge in [0.1, 0.15) is 0 Å². The van der Waals surface area contributed by atoms with E-state index in [4.69, 9.17) is 19.3 Å². The molecule has 0 amide bonds. The molecule has 0 saturated carbocycles. The van der Waals surface area contributed by atoms with Crippen molar-refractivity contribution in [2.75, 3.05) is 52.7 Å². The summed E-state index contributed by atoms with van der Waals surface area (Å²) < 4.78 is 16.3. The van der Waals surface area contributed by atoms with Gasteiger partial charge in [0.25, 0.3) is 0 Å². The molecule has 0 heterocycles. The van der Waals surface area contributed by atoms with E-state index in [1.807, 2.05) is 13.8 Å². The first kappa shape index (κ1) is 17.8. The molecule has 0 radical (unpaired) electrons. The smallest absolute Gasteiger partial charge is 0.158 e. The van der Waals surface area contributed by atoms with Gasteiger partial charge in [0.05, 0.1) is 19.8 Å². The second kappa shape index (κ2) is 13.2. The van der Waals surface area contributed by atoms with Crippen LogP contribution in [0.25, 0.3) is 0 Å². The predicted octanol–water partition coefficient (Wildman–Crippen LogP) is 1.11. The largest absolute Gasteiger partial charge is 0.394 e. The van der Waals surface area contributed by atoms with Crippen molar-refractivity contribution in [2.45, 2.75) is 33.5 Å². The third-order valence-corrected chi connectivity index (χ3v) is 2.62. The summed E-state index contributed by atoms with van der Waals surface area (Å²) in [6, 6.07) is 0. The van der Waals surface area contributed by atoms with Gasteiger partial charge in [-0.15, -0.1) is 0 Å². The Morgan fingerprint density at radius 3 is 2.17 bits per heavy atom. The van der Waals surface area contributed by atoms with Gasteiger partial charge in [-0.05, 0) is 20.4 Å². The highest BCUT2D eigenvalue weighted by molar-refractivity contribution is 4.57. The molecule has 5 nitrogen and oxygen atoms in total. The van der Waals surface area contributed by atoms with Crippen LogP contribution in [0.5, 0.6) is 0 Å². The molecule has 0 aromatic rings. The molecule has 0 unspecified atom stereocenters. The first-order chi connectivity index (χ1) is 8.78. The number of ether oxygens (including phenoxy) is 3. The number of aliphatic hydroxyl groups excluding tert-OH is 1. The van der Waals surface area contributed by atoms with E-state index in [2.05, 4.69) is 11.8 Å². The van der Waals surface area contributed by atoms with Gasteiger partial charge in [-0.2, -0.15) is 0 Å². The van der Waals surface area contributed by atoms with Crippen molar-refractivity contribution in [1.82, 2.24) is 4.90 Å². The quantitative estimate of drug-likeness (QED) is 0.398. The molecule has 0 aliphatic heterocycles. The van der Waals surface area contributed by atoms with Gasteiger partial charge >= 0.3 is 0 Å². The second-order valence-corrected chi connectivity index (χ2v) is 3.90. The minimum absolute atomic E-state index is 0.0862. The summed E-state index contributed by atoms with van der Waals surface area (Å²) in [6.45, 7) is 11.4. The summed E-state index contributed by atoms with van der Waals surface area (Å²) in [6.07, 6.45) is 0.766. The maximum absolute atomic E-state index is 8.61. The summed E-state index contributed by atoms with van der Waals surface area (Å²) >= 11 is 0. The van der Waals surface area contributed by atoms with Gasteiger partial charge < -0.3 is 24.2 Å². The van der Waals surface area contributed by atoms with E-state index < -0.39 is 0 Å². The molecular weight excluding hydrogens is 234 g/mol. The normalized spacial score (nSPS) is 11.7. The molecule has 0 atom stereocenters. The topological polar surface area (TPSA) is 51.2 Å². The van der Waals surface area contributed by atoms with Crippen LogP contribution in [0.4, 0.5) is 0 Å². The van der Waals surface area contributed by atoms with Crippen LogP contribution in [0.3, 0.4) is 0 Å². The fraction of sp³-hybridized carbons (Fsp3) is 1.00. The number of likely N-dealkylation sites (N-methyl/N-ethyl adjacent to an activating group) is 1. The van der Waals surface area contributed by atoms with Gasteiger partial charge in [-0.1, -0.05) is 6.92 Å². The molecular formula is C13H29NO4. The minimum atomic E-state index is -0.104. The zero-order valence-corrected chi connectivity index (χ0v) is 12.1. The number of hydrogen-bond donors (Lipinski definition) is 1. The van der Waals surface area contributed by atoms with Crippen LogP contribution in [-0.2, 0) is 14.2 Å². The summed E-state index contributed by atoms with van der Waals surface area (Å²) in [4.78, 5) is 2.29. The molecule has 0 aromatic carbocycles. The Hall–Kier alpha value is -0.200. The lowest BCUT2D eigenvalue weighted by Crippen LogP contribution is -2.32. The Morgan fingerprint density at radius 2 is 1.67 bits per heavy atom. The monoisotopic (exact) mass is 263 g/mol. The highest BCUT2D eigenvalue weighted by Crippen LogP contribution is 2.03. The fourth-order valence-corrected chi connectivity index (χ4v) is 1.66. The standard InChI is InChI=1S/C13H29NO4/c1-4-14(9-11-16-12-10-15)8-7-13(17-5-2)18-6-3/h13,15H,4-12H2,1-3H3. The zero-order valence-electron chi connectivity index (χ0n) is 12.1. The lowest BCUT2D eigenvalue weighted by Gasteiger charge is -2.23. The maximum Gasteiger partial charge on any atom is 0.158 e. The van der Waals surface area contributed by atoms with Crippen molar-refractivity contribution in [1.29, 1.82) is 0 Å². The van der Waals surface area contributed by atoms with Crippen LogP contribution in [-0.4, -0.2) is 69.0 Å². The predicted molar refractivity (Wildman–Crippen MR) is 71.7 cm³/mol. The molecule has 1 N–H and O–H groups in total. The number of aliphatic hydroxyl groups is 1. The lowest BCUT2D eigenvalue weighted by molar-refractivity contribution is -0.141. The molecule has 0 fully saturated rings. The first-order valence-corrected chi connectivity index (χ1v) is 6.92. The summed E-state index contributed by atoms with van der Waals surface area (Å²) in [5, 5.41) is 8.61. The number of rotatable bonds is 13. The van der Waals surface area contributed by atoms with Crippen LogP contribution in [0.2, 0.25) is 0 Å². The van der Waals surface area contributed by atoms with Gasteiger partial charge in [0.15, 0.2) is 6.29 Å². The molecule has 5 heteroatoms. The molecule has 0 aliphatic rings. The van der Waals surface area contributed by atoms with E-state index >= 15 is 0 Å². The van der Waals surface area contributed by atoms with Gasteiger partial charge in [-0.3, -0.25) is 0 Å². The zero-order chi connectivity index (χ0) is 13.6. The summed E-state index contributed by atoms with van der Waals surface area (Å²) in [5.41, 5.74) is 0. The van der Waals surface area contributed by atoms with Crippen LogP contribution in [0, 0.1) is 0 Å². The first-order valence-electron chi connectivity index (χ1n) is 6.92. The Labute approximate surface area is 111 Å². The van der Waals surface area contributed by atoms with Gasteiger partial charge in [0.2, 0.25) is 0 Å². The van der Waals surface area contributed by atoms with Gasteiger partial charge in [-0.25, -0.2) is 0 Å². The Morgan fingerprint density at radius 1 is 1.00 bits per heavy atom. The third kappa shape index (κ3) is 9.79. The Kier molecular flexibility index (Phi) is 13.1. The lowest BCUT2D eigenvalue weighted by atomic mass is 10.3. The number of nitrogens with zero attached hydrogens (tertiary/aromatic N) is 1. The second-order valence-electron chi connectivity index (χ2n) is 3.90.